The number of benzene rings is 8. The van der Waals surface area contributed by atoms with E-state index in [-0.39, 0.29) is 0 Å². The van der Waals surface area contributed by atoms with Crippen LogP contribution in [0.1, 0.15) is 0 Å². The van der Waals surface area contributed by atoms with Gasteiger partial charge in [-0.3, -0.25) is 0 Å². The van der Waals surface area contributed by atoms with E-state index in [4.69, 9.17) is 11.2 Å². The second-order valence-corrected chi connectivity index (χ2v) is 23.1. The number of rotatable bonds is 8. The minimum atomic E-state index is -3.82. The molecular weight excluding hydrogens is 690 g/mol. The van der Waals surface area contributed by atoms with E-state index in [1.165, 1.54) is 0 Å². The van der Waals surface area contributed by atoms with Gasteiger partial charge < -0.3 is 0 Å². The Hall–Kier alpha value is -5.13. The fourth-order valence-electron chi connectivity index (χ4n) is 7.49. The van der Waals surface area contributed by atoms with E-state index in [2.05, 4.69) is 97.1 Å². The zero-order valence-electron chi connectivity index (χ0n) is 28.8. The summed E-state index contributed by atoms with van der Waals surface area (Å²) in [4.78, 5) is 13.0. The van der Waals surface area contributed by atoms with E-state index in [1.807, 2.05) is 146 Å². The maximum atomic E-state index is 13.0. The van der Waals surface area contributed by atoms with Crippen LogP contribution in [0.15, 0.2) is 243 Å². The Balaban J connectivity index is 0.000000162. The van der Waals surface area contributed by atoms with E-state index in [9.17, 15) is 4.89 Å². The molecule has 0 saturated heterocycles. The van der Waals surface area contributed by atoms with Crippen LogP contribution in [0.2, 0.25) is 0 Å². The molecule has 0 fully saturated rings. The summed E-state index contributed by atoms with van der Waals surface area (Å²) in [5.74, 6) is -3.34. The summed E-state index contributed by atoms with van der Waals surface area (Å²) in [6.07, 6.45) is 0. The van der Waals surface area contributed by atoms with Crippen LogP contribution in [0.3, 0.4) is 0 Å². The van der Waals surface area contributed by atoms with Crippen LogP contribution in [0.5, 0.6) is 0 Å². The molecule has 0 bridgehead atoms. The van der Waals surface area contributed by atoms with E-state index in [0.29, 0.717) is 0 Å². The predicted octanol–water partition coefficient (Wildman–Crippen LogP) is 8.74. The van der Waals surface area contributed by atoms with Crippen LogP contribution < -0.4 is 42.4 Å². The average Bonchev–Trinajstić information content (AvgIpc) is 3.26. The molecule has 0 atom stereocenters. The van der Waals surface area contributed by atoms with Crippen molar-refractivity contribution in [2.75, 3.05) is 0 Å². The van der Waals surface area contributed by atoms with Gasteiger partial charge in [-0.15, -0.1) is 0 Å². The van der Waals surface area contributed by atoms with Gasteiger partial charge in [0, 0.05) is 0 Å². The molecular formula is C48H41ClOP2. The molecule has 1 N–H and O–H groups in total. The molecule has 8 aromatic rings. The fraction of sp³-hybridized carbons (Fsp3) is 0. The van der Waals surface area contributed by atoms with Gasteiger partial charge >= 0.3 is 314 Å². The molecule has 4 heteroatoms. The summed E-state index contributed by atoms with van der Waals surface area (Å²) in [6.45, 7) is -3.82. The molecule has 0 aliphatic heterocycles. The zero-order valence-corrected chi connectivity index (χ0v) is 31.4. The molecule has 0 amide bonds. The van der Waals surface area contributed by atoms with Crippen LogP contribution in [0, 0.1) is 0 Å². The topological polar surface area (TPSA) is 20.2 Å². The van der Waals surface area contributed by atoms with Crippen molar-refractivity contribution in [2.45, 2.75) is 0 Å². The number of hydrogen-bond acceptors (Lipinski definition) is 1. The van der Waals surface area contributed by atoms with Crippen molar-refractivity contribution in [1.29, 1.82) is 0 Å². The van der Waals surface area contributed by atoms with Crippen LogP contribution in [0.25, 0.3) is 0 Å². The van der Waals surface area contributed by atoms with Gasteiger partial charge in [0.25, 0.3) is 0 Å². The number of hydrogen-bond donors (Lipinski definition) is 1. The van der Waals surface area contributed by atoms with Gasteiger partial charge in [-0.05, 0) is 0 Å². The molecule has 0 unspecified atom stereocenters. The SMILES string of the molecule is ClP(c1ccccc1)(c1ccccc1)(c1ccccc1)c1ccccc1.OP(c1ccccc1)(c1ccccc1)(c1ccccc1)c1ccccc1. The Morgan fingerprint density at radius 3 is 0.519 bits per heavy atom. The van der Waals surface area contributed by atoms with Crippen LogP contribution >= 0.6 is 24.0 Å². The van der Waals surface area contributed by atoms with Crippen molar-refractivity contribution in [1.82, 2.24) is 0 Å². The third-order valence-corrected chi connectivity index (χ3v) is 22.6. The van der Waals surface area contributed by atoms with E-state index >= 15 is 0 Å². The van der Waals surface area contributed by atoms with Crippen molar-refractivity contribution < 1.29 is 4.89 Å². The standard InChI is InChI=1S/C24H20ClP.C24H21OP/c2*25-26(21-13-5-1-6-14-21,22-15-7-2-8-16-22,23-17-9-3-10-18-23)24-19-11-4-12-20-24/h1-20H;1-20,25H. The Morgan fingerprint density at radius 2 is 0.365 bits per heavy atom. The monoisotopic (exact) mass is 730 g/mol. The third-order valence-electron chi connectivity index (χ3n) is 10.0. The molecule has 0 aliphatic carbocycles. The summed E-state index contributed by atoms with van der Waals surface area (Å²) >= 11 is 8.03. The van der Waals surface area contributed by atoms with Gasteiger partial charge in [0.2, 0.25) is 0 Å². The van der Waals surface area contributed by atoms with Crippen LogP contribution in [-0.2, 0) is 0 Å². The first-order valence-electron chi connectivity index (χ1n) is 17.4. The fourth-order valence-corrected chi connectivity index (χ4v) is 18.4. The molecule has 8 rings (SSSR count). The molecule has 52 heavy (non-hydrogen) atoms. The molecule has 1 nitrogen and oxygen atoms in total. The van der Waals surface area contributed by atoms with Gasteiger partial charge in [0.05, 0.1) is 0 Å². The molecule has 0 spiro atoms. The van der Waals surface area contributed by atoms with Crippen molar-refractivity contribution in [3.05, 3.63) is 243 Å². The molecule has 256 valence electrons. The first-order valence-corrected chi connectivity index (χ1v) is 22.8. The Morgan fingerprint density at radius 1 is 0.231 bits per heavy atom. The Bertz CT molecular complexity index is 1800. The van der Waals surface area contributed by atoms with Crippen molar-refractivity contribution in [2.24, 2.45) is 0 Å². The Labute approximate surface area is 312 Å². The summed E-state index contributed by atoms with van der Waals surface area (Å²) in [5, 5.41) is 8.41. The maximum absolute atomic E-state index is 13.0. The quantitative estimate of drug-likeness (QED) is 0.155. The first-order chi connectivity index (χ1) is 25.5. The molecule has 0 heterocycles. The molecule has 0 saturated carbocycles. The number of halogens is 1. The summed E-state index contributed by atoms with van der Waals surface area (Å²) in [6, 6.07) is 82.5. The zero-order chi connectivity index (χ0) is 35.8. The summed E-state index contributed by atoms with van der Waals surface area (Å²) < 4.78 is 0. The normalized spacial score (nSPS) is 12.9. The molecule has 0 radical (unpaired) electrons. The van der Waals surface area contributed by atoms with E-state index in [1.54, 1.807) is 0 Å². The van der Waals surface area contributed by atoms with Crippen molar-refractivity contribution in [3.8, 4) is 0 Å². The predicted molar refractivity (Wildman–Crippen MR) is 231 cm³/mol. The van der Waals surface area contributed by atoms with Gasteiger partial charge in [-0.1, -0.05) is 0 Å². The van der Waals surface area contributed by atoms with Crippen molar-refractivity contribution in [3.63, 3.8) is 0 Å². The van der Waals surface area contributed by atoms with E-state index in [0.717, 1.165) is 42.4 Å². The molecule has 0 aromatic heterocycles. The van der Waals surface area contributed by atoms with Crippen molar-refractivity contribution >= 4 is 66.5 Å². The first kappa shape index (κ1) is 35.3. The average molecular weight is 731 g/mol. The molecule has 0 aliphatic rings. The van der Waals surface area contributed by atoms with Gasteiger partial charge in [-0.25, -0.2) is 0 Å². The van der Waals surface area contributed by atoms with E-state index < -0.39 is 12.8 Å². The van der Waals surface area contributed by atoms with Gasteiger partial charge in [0.1, 0.15) is 0 Å². The summed E-state index contributed by atoms with van der Waals surface area (Å²) in [7, 11) is 0. The third kappa shape index (κ3) is 5.72. The minimum absolute atomic E-state index is 0.946. The van der Waals surface area contributed by atoms with Crippen LogP contribution in [-0.4, -0.2) is 4.89 Å². The summed E-state index contributed by atoms with van der Waals surface area (Å²) in [5.41, 5.74) is 0. The second kappa shape index (κ2) is 14.8. The Kier molecular flexibility index (Phi) is 10.1. The van der Waals surface area contributed by atoms with Gasteiger partial charge in [-0.2, -0.15) is 0 Å². The van der Waals surface area contributed by atoms with Gasteiger partial charge in [0.15, 0.2) is 0 Å². The molecule has 8 aromatic carbocycles. The second-order valence-electron chi connectivity index (χ2n) is 12.8. The van der Waals surface area contributed by atoms with Crippen LogP contribution in [0.4, 0.5) is 0 Å².